The van der Waals surface area contributed by atoms with Crippen LogP contribution >= 0.6 is 22.7 Å². The predicted molar refractivity (Wildman–Crippen MR) is 164 cm³/mol. The van der Waals surface area contributed by atoms with E-state index in [1.165, 1.54) is 34.9 Å². The van der Waals surface area contributed by atoms with Gasteiger partial charge in [0.05, 0.1) is 21.8 Å². The predicted octanol–water partition coefficient (Wildman–Crippen LogP) is 6.21. The number of hydrogen-bond acceptors (Lipinski definition) is 6. The number of benzene rings is 2. The molecule has 6 rings (SSSR count). The summed E-state index contributed by atoms with van der Waals surface area (Å²) in [5.74, 6) is 4.12. The van der Waals surface area contributed by atoms with Crippen molar-refractivity contribution in [2.75, 3.05) is 0 Å². The number of aromatic carboxylic acids is 1. The van der Waals surface area contributed by atoms with Gasteiger partial charge >= 0.3 is 5.97 Å². The van der Waals surface area contributed by atoms with Crippen molar-refractivity contribution in [3.63, 3.8) is 0 Å². The zero-order valence-electron chi connectivity index (χ0n) is 22.8. The molecule has 0 radical (unpaired) electrons. The Morgan fingerprint density at radius 3 is 2.60 bits per heavy atom. The van der Waals surface area contributed by atoms with Crippen LogP contribution in [0.2, 0.25) is 0 Å². The van der Waals surface area contributed by atoms with Crippen LogP contribution in [0.5, 0.6) is 0 Å². The zero-order chi connectivity index (χ0) is 30.2. The van der Waals surface area contributed by atoms with Crippen molar-refractivity contribution in [2.45, 2.75) is 37.5 Å². The summed E-state index contributed by atoms with van der Waals surface area (Å²) in [6, 6.07) is 12.9. The number of thiophene rings is 1. The van der Waals surface area contributed by atoms with Gasteiger partial charge in [0.1, 0.15) is 5.82 Å². The fourth-order valence-electron chi connectivity index (χ4n) is 4.77. The van der Waals surface area contributed by atoms with E-state index in [4.69, 9.17) is 10.2 Å². The lowest BCUT2D eigenvalue weighted by molar-refractivity contribution is 0.0691. The van der Waals surface area contributed by atoms with Gasteiger partial charge < -0.3 is 5.11 Å². The molecule has 218 valence electrons. The van der Waals surface area contributed by atoms with E-state index in [1.54, 1.807) is 22.9 Å². The molecule has 0 aliphatic heterocycles. The van der Waals surface area contributed by atoms with Gasteiger partial charge in [0, 0.05) is 27.8 Å². The lowest BCUT2D eigenvalue weighted by atomic mass is 9.96. The summed E-state index contributed by atoms with van der Waals surface area (Å²) in [6.45, 7) is 1.98. The highest BCUT2D eigenvalue weighted by molar-refractivity contribution is 7.82. The molecule has 0 spiro atoms. The van der Waals surface area contributed by atoms with E-state index < -0.39 is 28.6 Å². The molecule has 1 atom stereocenters. The Balaban J connectivity index is 1.51. The third-order valence-corrected chi connectivity index (χ3v) is 9.66. The average Bonchev–Trinajstić information content (AvgIpc) is 3.32. The van der Waals surface area contributed by atoms with Gasteiger partial charge in [-0.05, 0) is 80.1 Å². The number of nitrogens with zero attached hydrogens (tertiary/aromatic N) is 3. The molecule has 0 saturated heterocycles. The Hall–Kier alpha value is -4.02. The first-order valence-corrected chi connectivity index (χ1v) is 16.4. The fourth-order valence-corrected chi connectivity index (χ4v) is 6.76. The largest absolute Gasteiger partial charge is 0.476 e. The van der Waals surface area contributed by atoms with Crippen LogP contribution in [0, 0.1) is 36.3 Å². The summed E-state index contributed by atoms with van der Waals surface area (Å²) >= 11 is 2.68. The number of aryl methyl sites for hydroxylation is 1. The third kappa shape index (κ3) is 6.35. The van der Waals surface area contributed by atoms with Crippen LogP contribution < -0.4 is 5.14 Å². The molecular weight excluding hydrogens is 611 g/mol. The van der Waals surface area contributed by atoms with Gasteiger partial charge in [0.15, 0.2) is 22.5 Å². The van der Waals surface area contributed by atoms with E-state index in [1.807, 2.05) is 19.1 Å². The first-order valence-electron chi connectivity index (χ1n) is 13.3. The molecule has 3 N–H and O–H groups in total. The van der Waals surface area contributed by atoms with Crippen molar-refractivity contribution in [1.29, 1.82) is 0 Å². The standard InChI is InChI=1S/C31H24F2N4O3S3/c1-17-2-8-22(42-17)9-6-20-15-21(7-10-24(20)32)29-23(12-19-5-11-28(43(34)40)25(33)13-19)27(14-18-3-4-18)37(36-29)31-35-26(16-41-31)30(38)39/h2,5,7-8,10-11,13,15-16,18H,3-4,12,14H2,1H3,(H2,34,40)(H,38,39)/p+1. The smallest absolute Gasteiger partial charge is 0.355 e. The minimum Gasteiger partial charge on any atom is -0.476 e. The normalized spacial score (nSPS) is 13.5. The van der Waals surface area contributed by atoms with Crippen LogP contribution in [0.25, 0.3) is 16.4 Å². The van der Waals surface area contributed by atoms with Crippen LogP contribution in [0.15, 0.2) is 58.8 Å². The first-order chi connectivity index (χ1) is 20.7. The van der Waals surface area contributed by atoms with Gasteiger partial charge in [-0.15, -0.1) is 27.8 Å². The molecule has 43 heavy (non-hydrogen) atoms. The van der Waals surface area contributed by atoms with Gasteiger partial charge in [-0.2, -0.15) is 5.10 Å². The van der Waals surface area contributed by atoms with Crippen molar-refractivity contribution >= 4 is 39.6 Å². The Morgan fingerprint density at radius 1 is 1.14 bits per heavy atom. The molecule has 1 saturated carbocycles. The monoisotopic (exact) mass is 635 g/mol. The fraction of sp³-hybridized carbons (Fsp3) is 0.194. The van der Waals surface area contributed by atoms with Gasteiger partial charge in [0.25, 0.3) is 0 Å². The van der Waals surface area contributed by atoms with E-state index >= 15 is 0 Å². The number of thiol groups is 1. The zero-order valence-corrected chi connectivity index (χ0v) is 25.3. The maximum Gasteiger partial charge on any atom is 0.355 e. The van der Waals surface area contributed by atoms with Crippen LogP contribution in [0.1, 0.15) is 55.5 Å². The molecule has 1 aliphatic carbocycles. The number of rotatable bonds is 8. The SMILES string of the molecule is Cc1ccc(C#Cc2cc(-c3nn(-c4nc(C(=O)O)cs4)c(CC4CC4)c3Cc3ccc([SH+](N)=O)c(F)c3)ccc2F)s1. The Bertz CT molecular complexity index is 1960. The molecule has 1 aliphatic rings. The average molecular weight is 636 g/mol. The number of halogens is 2. The highest BCUT2D eigenvalue weighted by Gasteiger charge is 2.29. The van der Waals surface area contributed by atoms with Crippen molar-refractivity contribution in [2.24, 2.45) is 11.1 Å². The van der Waals surface area contributed by atoms with Crippen molar-refractivity contribution < 1.29 is 22.9 Å². The molecule has 2 aromatic carbocycles. The second-order valence-electron chi connectivity index (χ2n) is 10.3. The van der Waals surface area contributed by atoms with Crippen molar-refractivity contribution in [3.8, 4) is 28.2 Å². The molecule has 1 fully saturated rings. The Labute approximate surface area is 256 Å². The second kappa shape index (κ2) is 11.9. The lowest BCUT2D eigenvalue weighted by Gasteiger charge is -2.09. The molecule has 12 heteroatoms. The number of carbonyl (C=O) groups is 1. The molecule has 7 nitrogen and oxygen atoms in total. The third-order valence-electron chi connectivity index (χ3n) is 7.09. The van der Waals surface area contributed by atoms with E-state index in [-0.39, 0.29) is 22.6 Å². The summed E-state index contributed by atoms with van der Waals surface area (Å²) < 4.78 is 43.2. The van der Waals surface area contributed by atoms with Gasteiger partial charge in [-0.1, -0.05) is 22.1 Å². The summed E-state index contributed by atoms with van der Waals surface area (Å²) in [4.78, 5) is 17.8. The summed E-state index contributed by atoms with van der Waals surface area (Å²) in [5.41, 5.74) is 3.47. The van der Waals surface area contributed by atoms with Gasteiger partial charge in [0.2, 0.25) is 10.0 Å². The molecule has 0 bridgehead atoms. The molecule has 3 aromatic heterocycles. The van der Waals surface area contributed by atoms with E-state index in [9.17, 15) is 22.9 Å². The summed E-state index contributed by atoms with van der Waals surface area (Å²) in [7, 11) is -2.34. The highest BCUT2D eigenvalue weighted by atomic mass is 32.2. The minimum absolute atomic E-state index is 0.0560. The molecular formula is C31H25F2N4O3S3+. The first kappa shape index (κ1) is 29.1. The summed E-state index contributed by atoms with van der Waals surface area (Å²) in [6.07, 6.45) is 3.01. The minimum atomic E-state index is -2.34. The quantitative estimate of drug-likeness (QED) is 0.120. The maximum atomic E-state index is 14.9. The Morgan fingerprint density at radius 2 is 1.95 bits per heavy atom. The van der Waals surface area contributed by atoms with E-state index in [0.717, 1.165) is 45.2 Å². The number of carboxylic acid groups (broad SMARTS) is 1. The Kier molecular flexibility index (Phi) is 8.07. The maximum absolute atomic E-state index is 14.9. The van der Waals surface area contributed by atoms with E-state index in [0.29, 0.717) is 34.3 Å². The molecule has 5 aromatic rings. The number of carboxylic acids is 1. The van der Waals surface area contributed by atoms with Crippen molar-refractivity contribution in [1.82, 2.24) is 14.8 Å². The van der Waals surface area contributed by atoms with Crippen LogP contribution in [0.3, 0.4) is 0 Å². The second-order valence-corrected chi connectivity index (χ2v) is 13.6. The lowest BCUT2D eigenvalue weighted by Crippen LogP contribution is -2.07. The highest BCUT2D eigenvalue weighted by Crippen LogP contribution is 2.38. The molecule has 0 amide bonds. The molecule has 3 heterocycles. The van der Waals surface area contributed by atoms with Crippen LogP contribution in [-0.2, 0) is 28.0 Å². The van der Waals surface area contributed by atoms with Crippen LogP contribution in [0.4, 0.5) is 8.78 Å². The van der Waals surface area contributed by atoms with Gasteiger partial charge in [-0.3, -0.25) is 0 Å². The van der Waals surface area contributed by atoms with Crippen LogP contribution in [-0.4, -0.2) is 25.8 Å². The topological polar surface area (TPSA) is 111 Å². The number of hydrogen-bond donors (Lipinski definition) is 2. The molecule has 1 unspecified atom stereocenters. The van der Waals surface area contributed by atoms with E-state index in [2.05, 4.69) is 16.8 Å². The van der Waals surface area contributed by atoms with Gasteiger partial charge in [-0.25, -0.2) is 23.2 Å². The van der Waals surface area contributed by atoms with Crippen molar-refractivity contribution in [3.05, 3.63) is 103 Å². The number of thiazole rings is 1. The number of aromatic nitrogens is 3. The number of nitrogens with two attached hydrogens (primary N) is 1. The summed E-state index contributed by atoms with van der Waals surface area (Å²) in [5, 5.41) is 21.7.